The number of aromatic nitrogens is 2. The van der Waals surface area contributed by atoms with E-state index >= 15 is 0 Å². The van der Waals surface area contributed by atoms with Crippen LogP contribution in [0.2, 0.25) is 0 Å². The lowest BCUT2D eigenvalue weighted by Gasteiger charge is -2.18. The lowest BCUT2D eigenvalue weighted by Crippen LogP contribution is -2.10. The minimum absolute atomic E-state index is 0.117. The fourth-order valence-corrected chi connectivity index (χ4v) is 4.21. The topological polar surface area (TPSA) is 64.4 Å². The molecule has 1 N–H and O–H groups in total. The first-order valence-corrected chi connectivity index (χ1v) is 13.1. The molecular formula is C33H36N2O3. The number of rotatable bonds is 10. The summed E-state index contributed by atoms with van der Waals surface area (Å²) in [5.74, 6) is 0.879. The molecule has 0 saturated heterocycles. The van der Waals surface area contributed by atoms with Crippen LogP contribution >= 0.6 is 0 Å². The third kappa shape index (κ3) is 7.00. The maximum Gasteiger partial charge on any atom is 0.303 e. The van der Waals surface area contributed by atoms with Gasteiger partial charge in [-0.2, -0.15) is 0 Å². The molecule has 0 spiro atoms. The number of benzene rings is 3. The third-order valence-corrected chi connectivity index (χ3v) is 6.52. The summed E-state index contributed by atoms with van der Waals surface area (Å²) >= 11 is 0. The minimum atomic E-state index is -0.801. The predicted octanol–water partition coefficient (Wildman–Crippen LogP) is 7.95. The molecule has 1 heterocycles. The Balaban J connectivity index is 1.41. The molecule has 196 valence electrons. The SMILES string of the molecule is CCn1cc(-c2ccc(C(C)(C)C)cc2)nc1C=Cc1ccc(-c2ccc(OCCCC(=O)O)cc2)cc1. The van der Waals surface area contributed by atoms with Gasteiger partial charge in [0.25, 0.3) is 0 Å². The summed E-state index contributed by atoms with van der Waals surface area (Å²) in [6.45, 7) is 10.1. The van der Waals surface area contributed by atoms with Crippen molar-refractivity contribution in [3.05, 3.63) is 95.9 Å². The fourth-order valence-electron chi connectivity index (χ4n) is 4.21. The van der Waals surface area contributed by atoms with Crippen LogP contribution in [0.25, 0.3) is 34.5 Å². The molecule has 5 heteroatoms. The van der Waals surface area contributed by atoms with E-state index < -0.39 is 5.97 Å². The van der Waals surface area contributed by atoms with E-state index in [0.29, 0.717) is 13.0 Å². The predicted molar refractivity (Wildman–Crippen MR) is 155 cm³/mol. The summed E-state index contributed by atoms with van der Waals surface area (Å²) in [6, 6.07) is 25.0. The zero-order valence-electron chi connectivity index (χ0n) is 22.6. The minimum Gasteiger partial charge on any atom is -0.494 e. The molecule has 0 amide bonds. The van der Waals surface area contributed by atoms with E-state index in [1.807, 2.05) is 24.3 Å². The Hall–Kier alpha value is -4.12. The quantitative estimate of drug-likeness (QED) is 0.221. The second-order valence-corrected chi connectivity index (χ2v) is 10.4. The summed E-state index contributed by atoms with van der Waals surface area (Å²) in [5.41, 5.74) is 6.88. The highest BCUT2D eigenvalue weighted by Gasteiger charge is 2.14. The zero-order chi connectivity index (χ0) is 27.1. The average Bonchev–Trinajstić information content (AvgIpc) is 3.33. The Labute approximate surface area is 225 Å². The maximum absolute atomic E-state index is 10.6. The average molecular weight is 509 g/mol. The molecule has 0 aliphatic heterocycles. The highest BCUT2D eigenvalue weighted by atomic mass is 16.5. The molecular weight excluding hydrogens is 472 g/mol. The lowest BCUT2D eigenvalue weighted by atomic mass is 9.86. The van der Waals surface area contributed by atoms with Crippen molar-refractivity contribution in [2.75, 3.05) is 6.61 Å². The smallest absolute Gasteiger partial charge is 0.303 e. The van der Waals surface area contributed by atoms with Gasteiger partial charge in [-0.1, -0.05) is 87.5 Å². The van der Waals surface area contributed by atoms with Gasteiger partial charge in [-0.3, -0.25) is 4.79 Å². The highest BCUT2D eigenvalue weighted by Crippen LogP contribution is 2.27. The van der Waals surface area contributed by atoms with Crippen LogP contribution in [0.15, 0.2) is 79.0 Å². The van der Waals surface area contributed by atoms with E-state index in [9.17, 15) is 4.79 Å². The summed E-state index contributed by atoms with van der Waals surface area (Å²) in [7, 11) is 0. The van der Waals surface area contributed by atoms with Crippen molar-refractivity contribution < 1.29 is 14.6 Å². The number of aliphatic carboxylic acids is 1. The number of ether oxygens (including phenoxy) is 1. The van der Waals surface area contributed by atoms with Crippen molar-refractivity contribution in [1.82, 2.24) is 9.55 Å². The van der Waals surface area contributed by atoms with Crippen LogP contribution in [0.5, 0.6) is 5.75 Å². The Morgan fingerprint density at radius 3 is 2.08 bits per heavy atom. The second-order valence-electron chi connectivity index (χ2n) is 10.4. The molecule has 1 aromatic heterocycles. The van der Waals surface area contributed by atoms with Crippen LogP contribution in [0, 0.1) is 0 Å². The van der Waals surface area contributed by atoms with Crippen LogP contribution < -0.4 is 4.74 Å². The molecule has 0 saturated carbocycles. The van der Waals surface area contributed by atoms with E-state index in [1.54, 1.807) is 0 Å². The Morgan fingerprint density at radius 2 is 1.50 bits per heavy atom. The van der Waals surface area contributed by atoms with Crippen LogP contribution in [-0.4, -0.2) is 27.2 Å². The van der Waals surface area contributed by atoms with Crippen molar-refractivity contribution in [3.63, 3.8) is 0 Å². The van der Waals surface area contributed by atoms with Gasteiger partial charge >= 0.3 is 5.97 Å². The van der Waals surface area contributed by atoms with Crippen LogP contribution in [-0.2, 0) is 16.8 Å². The van der Waals surface area contributed by atoms with E-state index in [2.05, 4.69) is 99.1 Å². The second kappa shape index (κ2) is 12.0. The normalized spacial score (nSPS) is 11.7. The summed E-state index contributed by atoms with van der Waals surface area (Å²) in [6.07, 6.45) is 6.90. The zero-order valence-corrected chi connectivity index (χ0v) is 22.6. The molecule has 0 radical (unpaired) electrons. The van der Waals surface area contributed by atoms with E-state index in [0.717, 1.165) is 46.1 Å². The summed E-state index contributed by atoms with van der Waals surface area (Å²) < 4.78 is 7.80. The van der Waals surface area contributed by atoms with Gasteiger partial charge in [-0.05, 0) is 59.2 Å². The highest BCUT2D eigenvalue weighted by molar-refractivity contribution is 5.72. The monoisotopic (exact) mass is 508 g/mol. The summed E-state index contributed by atoms with van der Waals surface area (Å²) in [5, 5.41) is 8.72. The molecule has 5 nitrogen and oxygen atoms in total. The van der Waals surface area contributed by atoms with Gasteiger partial charge in [-0.25, -0.2) is 4.98 Å². The number of carboxylic acids is 1. The third-order valence-electron chi connectivity index (χ3n) is 6.52. The number of carbonyl (C=O) groups is 1. The van der Waals surface area contributed by atoms with Gasteiger partial charge in [-0.15, -0.1) is 0 Å². The van der Waals surface area contributed by atoms with Gasteiger partial charge in [0.1, 0.15) is 11.6 Å². The molecule has 4 aromatic rings. The van der Waals surface area contributed by atoms with Crippen LogP contribution in [0.4, 0.5) is 0 Å². The Morgan fingerprint density at radius 1 is 0.895 bits per heavy atom. The van der Waals surface area contributed by atoms with Crippen molar-refractivity contribution in [1.29, 1.82) is 0 Å². The Bertz CT molecular complexity index is 1370. The number of carboxylic acid groups (broad SMARTS) is 1. The number of nitrogens with zero attached hydrogens (tertiary/aromatic N) is 2. The van der Waals surface area contributed by atoms with Gasteiger partial charge < -0.3 is 14.4 Å². The van der Waals surface area contributed by atoms with E-state index in [1.165, 1.54) is 5.56 Å². The van der Waals surface area contributed by atoms with Gasteiger partial charge in [0.2, 0.25) is 0 Å². The molecule has 0 bridgehead atoms. The van der Waals surface area contributed by atoms with Gasteiger partial charge in [0.05, 0.1) is 12.3 Å². The van der Waals surface area contributed by atoms with Crippen molar-refractivity contribution in [2.24, 2.45) is 0 Å². The molecule has 0 aliphatic rings. The first-order valence-electron chi connectivity index (χ1n) is 13.1. The molecule has 3 aromatic carbocycles. The molecule has 0 aliphatic carbocycles. The van der Waals surface area contributed by atoms with Crippen molar-refractivity contribution >= 4 is 18.1 Å². The largest absolute Gasteiger partial charge is 0.494 e. The first kappa shape index (κ1) is 26.9. The molecule has 0 fully saturated rings. The number of hydrogen-bond acceptors (Lipinski definition) is 3. The molecule has 38 heavy (non-hydrogen) atoms. The molecule has 0 unspecified atom stereocenters. The van der Waals surface area contributed by atoms with E-state index in [4.69, 9.17) is 14.8 Å². The first-order chi connectivity index (χ1) is 18.2. The van der Waals surface area contributed by atoms with E-state index in [-0.39, 0.29) is 11.8 Å². The standard InChI is InChI=1S/C33H36N2O3/c1-5-35-23-30(27-13-17-28(18-14-27)33(2,3)4)34-31(35)21-10-24-8-11-25(12-9-24)26-15-19-29(20-16-26)38-22-6-7-32(36)37/h8-21,23H,5-7,22H2,1-4H3,(H,36,37). The maximum atomic E-state index is 10.6. The van der Waals surface area contributed by atoms with Crippen molar-refractivity contribution in [2.45, 2.75) is 52.5 Å². The fraction of sp³-hybridized carbons (Fsp3) is 0.273. The van der Waals surface area contributed by atoms with Gasteiger partial charge in [0.15, 0.2) is 0 Å². The molecule has 0 atom stereocenters. The lowest BCUT2D eigenvalue weighted by molar-refractivity contribution is -0.137. The number of imidazole rings is 1. The van der Waals surface area contributed by atoms with Crippen LogP contribution in [0.1, 0.15) is 57.5 Å². The van der Waals surface area contributed by atoms with Crippen LogP contribution in [0.3, 0.4) is 0 Å². The Kier molecular flexibility index (Phi) is 8.47. The number of aryl methyl sites for hydroxylation is 1. The van der Waals surface area contributed by atoms with Crippen molar-refractivity contribution in [3.8, 4) is 28.1 Å². The van der Waals surface area contributed by atoms with Gasteiger partial charge in [0, 0.05) is 24.7 Å². The number of hydrogen-bond donors (Lipinski definition) is 1. The summed E-state index contributed by atoms with van der Waals surface area (Å²) in [4.78, 5) is 15.5. The molecule has 4 rings (SSSR count).